The van der Waals surface area contributed by atoms with Crippen LogP contribution < -0.4 is 0 Å². The Kier molecular flexibility index (Phi) is 2.71. The van der Waals surface area contributed by atoms with E-state index < -0.39 is 0 Å². The van der Waals surface area contributed by atoms with E-state index in [4.69, 9.17) is 0 Å². The number of aromatic nitrogens is 2. The topological polar surface area (TPSA) is 30.2 Å². The molecule has 0 amide bonds. The summed E-state index contributed by atoms with van der Waals surface area (Å²) in [7, 11) is 0. The fourth-order valence-corrected chi connectivity index (χ4v) is 2.05. The number of hydrogen-bond acceptors (Lipinski definition) is 2. The summed E-state index contributed by atoms with van der Waals surface area (Å²) in [6.45, 7) is 8.83. The quantitative estimate of drug-likeness (QED) is 0.691. The van der Waals surface area contributed by atoms with E-state index in [1.54, 1.807) is 0 Å². The van der Waals surface area contributed by atoms with Crippen LogP contribution in [0.5, 0.6) is 0 Å². The Morgan fingerprint density at radius 3 is 3.13 bits per heavy atom. The van der Waals surface area contributed by atoms with Crippen LogP contribution in [-0.2, 0) is 19.4 Å². The first kappa shape index (κ1) is 10.1. The molecule has 2 heterocycles. The molecular formula is C12H17N3. The van der Waals surface area contributed by atoms with Crippen LogP contribution in [0, 0.1) is 0 Å². The highest BCUT2D eigenvalue weighted by Gasteiger charge is 2.19. The van der Waals surface area contributed by atoms with Crippen LogP contribution in [0.15, 0.2) is 17.6 Å². The van der Waals surface area contributed by atoms with Crippen molar-refractivity contribution >= 4 is 6.21 Å². The predicted octanol–water partition coefficient (Wildman–Crippen LogP) is 2.00. The van der Waals surface area contributed by atoms with E-state index in [-0.39, 0.29) is 0 Å². The molecular weight excluding hydrogens is 186 g/mol. The van der Waals surface area contributed by atoms with Crippen molar-refractivity contribution in [2.75, 3.05) is 0 Å². The Labute approximate surface area is 90.5 Å². The van der Waals surface area contributed by atoms with Crippen LogP contribution >= 0.6 is 0 Å². The molecule has 1 atom stereocenters. The lowest BCUT2D eigenvalue weighted by Gasteiger charge is -2.10. The predicted molar refractivity (Wildman–Crippen MR) is 62.6 cm³/mol. The third kappa shape index (κ3) is 1.74. The average Bonchev–Trinajstić information content (AvgIpc) is 2.54. The Bertz CT molecular complexity index is 401. The van der Waals surface area contributed by atoms with Crippen molar-refractivity contribution in [3.8, 4) is 0 Å². The summed E-state index contributed by atoms with van der Waals surface area (Å²) in [6.07, 6.45) is 5.83. The summed E-state index contributed by atoms with van der Waals surface area (Å²) in [5.74, 6) is 0. The van der Waals surface area contributed by atoms with Gasteiger partial charge in [-0.05, 0) is 13.3 Å². The van der Waals surface area contributed by atoms with Crippen LogP contribution in [0.25, 0.3) is 0 Å². The molecule has 0 aromatic carbocycles. The summed E-state index contributed by atoms with van der Waals surface area (Å²) in [4.78, 5) is 4.45. The molecule has 0 radical (unpaired) electrons. The van der Waals surface area contributed by atoms with Gasteiger partial charge < -0.3 is 0 Å². The Morgan fingerprint density at radius 2 is 2.47 bits per heavy atom. The van der Waals surface area contributed by atoms with Gasteiger partial charge in [0.15, 0.2) is 0 Å². The highest BCUT2D eigenvalue weighted by molar-refractivity contribution is 5.84. The number of allylic oxidation sites excluding steroid dienone is 1. The molecule has 2 rings (SSSR count). The van der Waals surface area contributed by atoms with Gasteiger partial charge in [0.05, 0.1) is 18.3 Å². The van der Waals surface area contributed by atoms with E-state index in [1.165, 1.54) is 17.0 Å². The molecule has 1 aliphatic heterocycles. The van der Waals surface area contributed by atoms with E-state index in [0.717, 1.165) is 19.4 Å². The van der Waals surface area contributed by atoms with Gasteiger partial charge >= 0.3 is 0 Å². The van der Waals surface area contributed by atoms with Gasteiger partial charge in [0.1, 0.15) is 0 Å². The molecule has 0 aliphatic carbocycles. The minimum atomic E-state index is 0.370. The molecule has 15 heavy (non-hydrogen) atoms. The second-order valence-electron chi connectivity index (χ2n) is 3.96. The number of aliphatic imine (C=N–C) groups is 1. The van der Waals surface area contributed by atoms with Crippen molar-refractivity contribution in [3.63, 3.8) is 0 Å². The first-order valence-corrected chi connectivity index (χ1v) is 5.48. The molecule has 0 bridgehead atoms. The maximum atomic E-state index is 4.62. The largest absolute Gasteiger partial charge is 0.289 e. The molecule has 1 aromatic rings. The van der Waals surface area contributed by atoms with Crippen molar-refractivity contribution in [1.29, 1.82) is 0 Å². The third-order valence-electron chi connectivity index (χ3n) is 2.76. The molecule has 3 heteroatoms. The molecule has 0 fully saturated rings. The average molecular weight is 203 g/mol. The standard InChI is InChI=1S/C12H17N3/c1-4-6-15-12(5-2)10-8-13-9(3)7-11(10)14-15/h4,8-9H,1,5-7H2,2-3H3. The number of rotatable bonds is 3. The fourth-order valence-electron chi connectivity index (χ4n) is 2.05. The molecule has 1 aliphatic rings. The van der Waals surface area contributed by atoms with Crippen molar-refractivity contribution in [1.82, 2.24) is 9.78 Å². The third-order valence-corrected chi connectivity index (χ3v) is 2.76. The lowest BCUT2D eigenvalue weighted by Crippen LogP contribution is -2.11. The lowest BCUT2D eigenvalue weighted by molar-refractivity contribution is 0.638. The molecule has 0 spiro atoms. The summed E-state index contributed by atoms with van der Waals surface area (Å²) in [5.41, 5.74) is 3.70. The fraction of sp³-hybridized carbons (Fsp3) is 0.500. The Balaban J connectivity index is 2.45. The van der Waals surface area contributed by atoms with Gasteiger partial charge in [-0.1, -0.05) is 13.0 Å². The van der Waals surface area contributed by atoms with Crippen LogP contribution in [0.4, 0.5) is 0 Å². The molecule has 0 saturated carbocycles. The lowest BCUT2D eigenvalue weighted by atomic mass is 10.0. The number of fused-ring (bicyclic) bond motifs is 1. The van der Waals surface area contributed by atoms with Crippen LogP contribution in [0.2, 0.25) is 0 Å². The minimum absolute atomic E-state index is 0.370. The maximum Gasteiger partial charge on any atom is 0.0736 e. The van der Waals surface area contributed by atoms with Crippen LogP contribution in [0.3, 0.4) is 0 Å². The zero-order valence-corrected chi connectivity index (χ0v) is 9.40. The summed E-state index contributed by atoms with van der Waals surface area (Å²) in [5, 5.41) is 4.62. The monoisotopic (exact) mass is 203 g/mol. The summed E-state index contributed by atoms with van der Waals surface area (Å²) >= 11 is 0. The second kappa shape index (κ2) is 4.01. The summed E-state index contributed by atoms with van der Waals surface area (Å²) in [6, 6.07) is 0.370. The van der Waals surface area contributed by atoms with Gasteiger partial charge in [-0.2, -0.15) is 5.10 Å². The minimum Gasteiger partial charge on any atom is -0.289 e. The Hall–Kier alpha value is -1.38. The van der Waals surface area contributed by atoms with Gasteiger partial charge in [-0.15, -0.1) is 6.58 Å². The smallest absolute Gasteiger partial charge is 0.0736 e. The SMILES string of the molecule is C=CCn1nc2c(c1CC)C=NC(C)C2. The van der Waals surface area contributed by atoms with Gasteiger partial charge in [-0.25, -0.2) is 0 Å². The second-order valence-corrected chi connectivity index (χ2v) is 3.96. The van der Waals surface area contributed by atoms with Crippen molar-refractivity contribution in [2.24, 2.45) is 4.99 Å². The van der Waals surface area contributed by atoms with Crippen molar-refractivity contribution < 1.29 is 0 Å². The molecule has 0 saturated heterocycles. The summed E-state index contributed by atoms with van der Waals surface area (Å²) < 4.78 is 2.04. The van der Waals surface area contributed by atoms with E-state index in [9.17, 15) is 0 Å². The van der Waals surface area contributed by atoms with E-state index in [1.807, 2.05) is 17.0 Å². The molecule has 1 aromatic heterocycles. The van der Waals surface area contributed by atoms with Gasteiger partial charge in [0.2, 0.25) is 0 Å². The maximum absolute atomic E-state index is 4.62. The van der Waals surface area contributed by atoms with E-state index in [0.29, 0.717) is 6.04 Å². The highest BCUT2D eigenvalue weighted by atomic mass is 15.3. The first-order valence-electron chi connectivity index (χ1n) is 5.48. The van der Waals surface area contributed by atoms with Crippen LogP contribution in [0.1, 0.15) is 30.8 Å². The normalized spacial score (nSPS) is 18.9. The zero-order chi connectivity index (χ0) is 10.8. The highest BCUT2D eigenvalue weighted by Crippen LogP contribution is 2.19. The van der Waals surface area contributed by atoms with Gasteiger partial charge in [0.25, 0.3) is 0 Å². The van der Waals surface area contributed by atoms with Crippen LogP contribution in [-0.4, -0.2) is 22.0 Å². The number of nitrogens with zero attached hydrogens (tertiary/aromatic N) is 3. The van der Waals surface area contributed by atoms with Gasteiger partial charge in [0, 0.05) is 23.9 Å². The zero-order valence-electron chi connectivity index (χ0n) is 9.40. The van der Waals surface area contributed by atoms with E-state index in [2.05, 4.69) is 30.5 Å². The Morgan fingerprint density at radius 1 is 1.67 bits per heavy atom. The molecule has 1 unspecified atom stereocenters. The van der Waals surface area contributed by atoms with E-state index >= 15 is 0 Å². The van der Waals surface area contributed by atoms with Crippen molar-refractivity contribution in [2.45, 2.75) is 39.3 Å². The molecule has 0 N–H and O–H groups in total. The first-order chi connectivity index (χ1) is 7.26. The molecule has 80 valence electrons. The van der Waals surface area contributed by atoms with Crippen molar-refractivity contribution in [3.05, 3.63) is 29.6 Å². The number of hydrogen-bond donors (Lipinski definition) is 0. The van der Waals surface area contributed by atoms with Gasteiger partial charge in [-0.3, -0.25) is 9.67 Å². The molecule has 3 nitrogen and oxygen atoms in total.